The molecule has 1 aliphatic carbocycles. The monoisotopic (exact) mass is 313 g/mol. The minimum Gasteiger partial charge on any atom is -0.385 e. The van der Waals surface area contributed by atoms with Crippen molar-refractivity contribution in [3.8, 4) is 0 Å². The van der Waals surface area contributed by atoms with E-state index in [9.17, 15) is 0 Å². The average molecular weight is 313 g/mol. The van der Waals surface area contributed by atoms with E-state index in [1.807, 2.05) is 0 Å². The van der Waals surface area contributed by atoms with Crippen LogP contribution < -0.4 is 5.32 Å². The summed E-state index contributed by atoms with van der Waals surface area (Å²) in [5.41, 5.74) is 5.56. The third-order valence-corrected chi connectivity index (χ3v) is 5.25. The Hall–Kier alpha value is -1.48. The Balaban J connectivity index is 1.73. The predicted molar refractivity (Wildman–Crippen MR) is 100 cm³/mol. The van der Waals surface area contributed by atoms with Gasteiger partial charge in [-0.25, -0.2) is 0 Å². The summed E-state index contributed by atoms with van der Waals surface area (Å²) in [4.78, 5) is 6.01. The van der Waals surface area contributed by atoms with Gasteiger partial charge in [0.1, 0.15) is 0 Å². The van der Waals surface area contributed by atoms with Crippen molar-refractivity contribution < 1.29 is 0 Å². The van der Waals surface area contributed by atoms with Crippen LogP contribution in [0.25, 0.3) is 10.9 Å². The number of nitrogens with one attached hydrogen (secondary N) is 2. The van der Waals surface area contributed by atoms with Gasteiger partial charge in [-0.3, -0.25) is 0 Å². The van der Waals surface area contributed by atoms with Crippen molar-refractivity contribution in [1.29, 1.82) is 0 Å². The second-order valence-corrected chi connectivity index (χ2v) is 7.19. The first-order chi connectivity index (χ1) is 11.2. The van der Waals surface area contributed by atoms with Gasteiger partial charge >= 0.3 is 0 Å². The van der Waals surface area contributed by atoms with E-state index in [0.717, 1.165) is 6.54 Å². The molecule has 3 rings (SSSR count). The molecule has 3 nitrogen and oxygen atoms in total. The molecule has 0 saturated heterocycles. The molecule has 2 aromatic rings. The first kappa shape index (κ1) is 16.4. The molecular formula is C20H31N3. The molecule has 0 aliphatic heterocycles. The molecule has 0 radical (unpaired) electrons. The third-order valence-electron chi connectivity index (χ3n) is 5.25. The number of aryl methyl sites for hydroxylation is 1. The molecule has 3 heteroatoms. The number of anilines is 1. The smallest absolute Gasteiger partial charge is 0.0460 e. The lowest BCUT2D eigenvalue weighted by atomic mass is 9.91. The fraction of sp³-hybridized carbons (Fsp3) is 0.600. The van der Waals surface area contributed by atoms with Crippen LogP contribution in [0.15, 0.2) is 18.2 Å². The van der Waals surface area contributed by atoms with Crippen LogP contribution in [0.1, 0.15) is 50.3 Å². The van der Waals surface area contributed by atoms with Crippen LogP contribution in [0.2, 0.25) is 0 Å². The molecule has 1 unspecified atom stereocenters. The van der Waals surface area contributed by atoms with Crippen molar-refractivity contribution in [2.24, 2.45) is 0 Å². The van der Waals surface area contributed by atoms with E-state index in [0.29, 0.717) is 6.04 Å². The average Bonchev–Trinajstić information content (AvgIpc) is 2.91. The van der Waals surface area contributed by atoms with E-state index < -0.39 is 0 Å². The normalized spacial score (nSPS) is 17.7. The van der Waals surface area contributed by atoms with Gasteiger partial charge in [0.2, 0.25) is 0 Å². The molecule has 0 saturated carbocycles. The molecule has 0 amide bonds. The summed E-state index contributed by atoms with van der Waals surface area (Å²) in [6, 6.07) is 7.48. The molecule has 2 N–H and O–H groups in total. The Kier molecular flexibility index (Phi) is 5.27. The van der Waals surface area contributed by atoms with Gasteiger partial charge in [-0.1, -0.05) is 26.2 Å². The SMILES string of the molecule is CCCCCCNc1ccc2[nH]c3c(c2c1)CC(N(C)C)CC3. The minimum absolute atomic E-state index is 0.673. The highest BCUT2D eigenvalue weighted by Crippen LogP contribution is 2.32. The molecule has 1 aliphatic rings. The molecule has 0 bridgehead atoms. The predicted octanol–water partition coefficient (Wildman–Crippen LogP) is 4.58. The van der Waals surface area contributed by atoms with Crippen LogP contribution in [0.3, 0.4) is 0 Å². The van der Waals surface area contributed by atoms with Crippen molar-refractivity contribution >= 4 is 16.6 Å². The number of unbranched alkanes of at least 4 members (excludes halogenated alkanes) is 3. The van der Waals surface area contributed by atoms with E-state index in [1.165, 1.54) is 67.2 Å². The lowest BCUT2D eigenvalue weighted by molar-refractivity contribution is 0.268. The number of hydrogen-bond donors (Lipinski definition) is 2. The van der Waals surface area contributed by atoms with Crippen molar-refractivity contribution in [3.63, 3.8) is 0 Å². The lowest BCUT2D eigenvalue weighted by Gasteiger charge is -2.28. The number of hydrogen-bond acceptors (Lipinski definition) is 2. The highest BCUT2D eigenvalue weighted by Gasteiger charge is 2.23. The highest BCUT2D eigenvalue weighted by molar-refractivity contribution is 5.88. The summed E-state index contributed by atoms with van der Waals surface area (Å²) in [5, 5.41) is 5.02. The number of aromatic amines is 1. The van der Waals surface area contributed by atoms with Crippen molar-refractivity contribution in [2.45, 2.75) is 57.9 Å². The lowest BCUT2D eigenvalue weighted by Crippen LogP contribution is -2.33. The van der Waals surface area contributed by atoms with Gasteiger partial charge < -0.3 is 15.2 Å². The Morgan fingerprint density at radius 1 is 1.22 bits per heavy atom. The largest absolute Gasteiger partial charge is 0.385 e. The van der Waals surface area contributed by atoms with Gasteiger partial charge in [0.25, 0.3) is 0 Å². The Bertz CT molecular complexity index is 642. The van der Waals surface area contributed by atoms with Crippen LogP contribution in [0, 0.1) is 0 Å². The van der Waals surface area contributed by atoms with Gasteiger partial charge in [-0.2, -0.15) is 0 Å². The van der Waals surface area contributed by atoms with Gasteiger partial charge in [-0.05, 0) is 63.5 Å². The quantitative estimate of drug-likeness (QED) is 0.733. The molecule has 1 aromatic heterocycles. The molecule has 23 heavy (non-hydrogen) atoms. The summed E-state index contributed by atoms with van der Waals surface area (Å²) < 4.78 is 0. The zero-order chi connectivity index (χ0) is 16.2. The standard InChI is InChI=1S/C20H31N3/c1-4-5-6-7-12-21-15-8-10-19-17(13-15)18-14-16(23(2)3)9-11-20(18)22-19/h8,10,13,16,21-22H,4-7,9,11-12,14H2,1-3H3. The Morgan fingerprint density at radius 3 is 2.87 bits per heavy atom. The molecular weight excluding hydrogens is 282 g/mol. The summed E-state index contributed by atoms with van der Waals surface area (Å²) in [7, 11) is 4.40. The fourth-order valence-electron chi connectivity index (χ4n) is 3.73. The van der Waals surface area contributed by atoms with Crippen LogP contribution >= 0.6 is 0 Å². The van der Waals surface area contributed by atoms with Crippen LogP contribution in [0.4, 0.5) is 5.69 Å². The number of benzene rings is 1. The van der Waals surface area contributed by atoms with Gasteiger partial charge in [0.15, 0.2) is 0 Å². The van der Waals surface area contributed by atoms with E-state index in [-0.39, 0.29) is 0 Å². The Labute approximate surface area is 140 Å². The molecule has 0 spiro atoms. The first-order valence-electron chi connectivity index (χ1n) is 9.22. The third kappa shape index (κ3) is 3.72. The van der Waals surface area contributed by atoms with E-state index in [4.69, 9.17) is 0 Å². The number of likely N-dealkylation sites (N-methyl/N-ethyl adjacent to an activating group) is 1. The van der Waals surface area contributed by atoms with Gasteiger partial charge in [0, 0.05) is 34.9 Å². The fourth-order valence-corrected chi connectivity index (χ4v) is 3.73. The molecule has 1 aromatic carbocycles. The van der Waals surface area contributed by atoms with Crippen LogP contribution in [-0.2, 0) is 12.8 Å². The molecule has 1 heterocycles. The van der Waals surface area contributed by atoms with E-state index in [2.05, 4.69) is 54.4 Å². The molecule has 126 valence electrons. The van der Waals surface area contributed by atoms with E-state index in [1.54, 1.807) is 5.56 Å². The molecule has 0 fully saturated rings. The van der Waals surface area contributed by atoms with Crippen molar-refractivity contribution in [3.05, 3.63) is 29.5 Å². The summed E-state index contributed by atoms with van der Waals surface area (Å²) in [5.74, 6) is 0. The van der Waals surface area contributed by atoms with Crippen LogP contribution in [-0.4, -0.2) is 36.6 Å². The number of fused-ring (bicyclic) bond motifs is 3. The maximum atomic E-state index is 3.64. The number of rotatable bonds is 7. The topological polar surface area (TPSA) is 31.1 Å². The van der Waals surface area contributed by atoms with Crippen molar-refractivity contribution in [2.75, 3.05) is 26.0 Å². The Morgan fingerprint density at radius 2 is 2.09 bits per heavy atom. The number of nitrogens with zero attached hydrogens (tertiary/aromatic N) is 1. The zero-order valence-corrected chi connectivity index (χ0v) is 14.9. The minimum atomic E-state index is 0.673. The van der Waals surface area contributed by atoms with Gasteiger partial charge in [0.05, 0.1) is 0 Å². The maximum Gasteiger partial charge on any atom is 0.0460 e. The maximum absolute atomic E-state index is 3.64. The van der Waals surface area contributed by atoms with Crippen molar-refractivity contribution in [1.82, 2.24) is 9.88 Å². The first-order valence-corrected chi connectivity index (χ1v) is 9.22. The summed E-state index contributed by atoms with van der Waals surface area (Å²) in [6.07, 6.45) is 8.84. The van der Waals surface area contributed by atoms with Gasteiger partial charge in [-0.15, -0.1) is 0 Å². The van der Waals surface area contributed by atoms with Crippen LogP contribution in [0.5, 0.6) is 0 Å². The highest BCUT2D eigenvalue weighted by atomic mass is 15.1. The zero-order valence-electron chi connectivity index (χ0n) is 14.9. The van der Waals surface area contributed by atoms with E-state index >= 15 is 0 Å². The second kappa shape index (κ2) is 7.39. The molecule has 1 atom stereocenters. The summed E-state index contributed by atoms with van der Waals surface area (Å²) in [6.45, 7) is 3.34. The summed E-state index contributed by atoms with van der Waals surface area (Å²) >= 11 is 0. The second-order valence-electron chi connectivity index (χ2n) is 7.19. The number of aromatic nitrogens is 1. The number of H-pyrrole nitrogens is 1.